The Morgan fingerprint density at radius 3 is 2.65 bits per heavy atom. The van der Waals surface area contributed by atoms with Crippen molar-refractivity contribution < 1.29 is 9.59 Å². The molecule has 0 radical (unpaired) electrons. The standard InChI is InChI=1S/C17H20N4O2/c22-15-17(8-4-1-2-5-9-17)19-16(23)21(15)12-13-11-20-10-6-3-7-14(20)18-13/h3,6-7,10-11H,1-2,4-5,8-9,12H2,(H,19,23). The molecule has 6 nitrogen and oxygen atoms in total. The third-order valence-corrected chi connectivity index (χ3v) is 4.94. The van der Waals surface area contributed by atoms with Gasteiger partial charge in [-0.3, -0.25) is 9.69 Å². The summed E-state index contributed by atoms with van der Waals surface area (Å²) in [7, 11) is 0. The number of rotatable bonds is 2. The Bertz CT molecular complexity index is 726. The van der Waals surface area contributed by atoms with Crippen LogP contribution in [0.1, 0.15) is 44.2 Å². The second-order valence-corrected chi connectivity index (χ2v) is 6.52. The molecule has 2 fully saturated rings. The second-order valence-electron chi connectivity index (χ2n) is 6.52. The zero-order valence-corrected chi connectivity index (χ0v) is 13.0. The summed E-state index contributed by atoms with van der Waals surface area (Å²) >= 11 is 0. The van der Waals surface area contributed by atoms with Crippen molar-refractivity contribution in [3.63, 3.8) is 0 Å². The average Bonchev–Trinajstić information content (AvgIpc) is 2.93. The fraction of sp³-hybridized carbons (Fsp3) is 0.471. The first kappa shape index (κ1) is 14.2. The van der Waals surface area contributed by atoms with Crippen LogP contribution in [-0.2, 0) is 11.3 Å². The third kappa shape index (κ3) is 2.38. The molecule has 1 saturated carbocycles. The number of amides is 3. The van der Waals surface area contributed by atoms with E-state index < -0.39 is 5.54 Å². The molecule has 0 atom stereocenters. The molecule has 120 valence electrons. The molecule has 4 rings (SSSR count). The van der Waals surface area contributed by atoms with Gasteiger partial charge < -0.3 is 9.72 Å². The maximum atomic E-state index is 12.9. The Balaban J connectivity index is 1.58. The minimum atomic E-state index is -0.674. The number of aromatic nitrogens is 2. The largest absolute Gasteiger partial charge is 0.325 e. The van der Waals surface area contributed by atoms with Gasteiger partial charge in [0.15, 0.2) is 0 Å². The first-order valence-electron chi connectivity index (χ1n) is 8.25. The molecule has 1 saturated heterocycles. The predicted molar refractivity (Wildman–Crippen MR) is 84.7 cm³/mol. The minimum absolute atomic E-state index is 0.0820. The van der Waals surface area contributed by atoms with Crippen molar-refractivity contribution in [3.05, 3.63) is 36.3 Å². The van der Waals surface area contributed by atoms with Crippen LogP contribution in [0.5, 0.6) is 0 Å². The SMILES string of the molecule is O=C1NC2(CCCCCC2)C(=O)N1Cc1cn2ccccc2n1. The molecule has 3 amide bonds. The summed E-state index contributed by atoms with van der Waals surface area (Å²) in [5, 5.41) is 2.97. The van der Waals surface area contributed by atoms with Crippen molar-refractivity contribution >= 4 is 17.6 Å². The molecule has 1 aliphatic carbocycles. The molecule has 1 aliphatic heterocycles. The molecule has 23 heavy (non-hydrogen) atoms. The molecule has 3 heterocycles. The highest BCUT2D eigenvalue weighted by Gasteiger charge is 2.50. The molecule has 1 N–H and O–H groups in total. The van der Waals surface area contributed by atoms with E-state index >= 15 is 0 Å². The van der Waals surface area contributed by atoms with E-state index in [1.165, 1.54) is 4.90 Å². The van der Waals surface area contributed by atoms with Crippen molar-refractivity contribution in [1.82, 2.24) is 19.6 Å². The summed E-state index contributed by atoms with van der Waals surface area (Å²) in [6, 6.07) is 5.46. The first-order valence-corrected chi connectivity index (χ1v) is 8.25. The number of imide groups is 1. The summed E-state index contributed by atoms with van der Waals surface area (Å²) in [6.45, 7) is 0.230. The van der Waals surface area contributed by atoms with Crippen LogP contribution >= 0.6 is 0 Å². The van der Waals surface area contributed by atoms with Gasteiger partial charge in [0, 0.05) is 12.4 Å². The highest BCUT2D eigenvalue weighted by molar-refractivity contribution is 6.06. The van der Waals surface area contributed by atoms with E-state index in [0.29, 0.717) is 0 Å². The lowest BCUT2D eigenvalue weighted by Crippen LogP contribution is -2.46. The van der Waals surface area contributed by atoms with E-state index in [2.05, 4.69) is 10.3 Å². The number of hydrogen-bond donors (Lipinski definition) is 1. The van der Waals surface area contributed by atoms with Crippen LogP contribution in [0.4, 0.5) is 4.79 Å². The van der Waals surface area contributed by atoms with Crippen LogP contribution in [0, 0.1) is 0 Å². The van der Waals surface area contributed by atoms with Gasteiger partial charge in [0.05, 0.1) is 12.2 Å². The number of imidazole rings is 1. The topological polar surface area (TPSA) is 66.7 Å². The lowest BCUT2D eigenvalue weighted by molar-refractivity contribution is -0.132. The molecule has 2 aromatic heterocycles. The molecule has 2 aliphatic rings. The zero-order chi connectivity index (χ0) is 15.9. The van der Waals surface area contributed by atoms with E-state index in [1.807, 2.05) is 35.0 Å². The number of carbonyl (C=O) groups excluding carboxylic acids is 2. The highest BCUT2D eigenvalue weighted by Crippen LogP contribution is 2.33. The molecule has 0 bridgehead atoms. The number of fused-ring (bicyclic) bond motifs is 1. The van der Waals surface area contributed by atoms with Crippen LogP contribution in [0.2, 0.25) is 0 Å². The van der Waals surface area contributed by atoms with E-state index in [1.54, 1.807) is 0 Å². The molecule has 6 heteroatoms. The number of nitrogens with one attached hydrogen (secondary N) is 1. The maximum absolute atomic E-state index is 12.9. The van der Waals surface area contributed by atoms with Crippen molar-refractivity contribution in [2.75, 3.05) is 0 Å². The molecule has 0 aromatic carbocycles. The van der Waals surface area contributed by atoms with E-state index in [0.717, 1.165) is 49.9 Å². The number of urea groups is 1. The van der Waals surface area contributed by atoms with Crippen LogP contribution in [-0.4, -0.2) is 31.8 Å². The van der Waals surface area contributed by atoms with Gasteiger partial charge in [-0.15, -0.1) is 0 Å². The second kappa shape index (κ2) is 5.37. The van der Waals surface area contributed by atoms with Crippen molar-refractivity contribution in [2.45, 2.75) is 50.6 Å². The number of pyridine rings is 1. The third-order valence-electron chi connectivity index (χ3n) is 4.94. The summed E-state index contributed by atoms with van der Waals surface area (Å²) in [5.41, 5.74) is 0.872. The Kier molecular flexibility index (Phi) is 3.32. The fourth-order valence-electron chi connectivity index (χ4n) is 3.72. The number of carbonyl (C=O) groups is 2. The molecular weight excluding hydrogens is 292 g/mol. The summed E-state index contributed by atoms with van der Waals surface area (Å²) in [5.74, 6) is -0.0820. The lowest BCUT2D eigenvalue weighted by atomic mass is 9.90. The first-order chi connectivity index (χ1) is 11.2. The van der Waals surface area contributed by atoms with Gasteiger partial charge in [0.25, 0.3) is 5.91 Å². The number of nitrogens with zero attached hydrogens (tertiary/aromatic N) is 3. The van der Waals surface area contributed by atoms with Gasteiger partial charge in [-0.2, -0.15) is 0 Å². The summed E-state index contributed by atoms with van der Waals surface area (Å²) in [6.07, 6.45) is 9.54. The monoisotopic (exact) mass is 312 g/mol. The Labute approximate surface area is 134 Å². The smallest absolute Gasteiger partial charge is 0.323 e. The van der Waals surface area contributed by atoms with Gasteiger partial charge in [0.1, 0.15) is 11.2 Å². The van der Waals surface area contributed by atoms with E-state index in [4.69, 9.17) is 0 Å². The van der Waals surface area contributed by atoms with E-state index in [-0.39, 0.29) is 18.5 Å². The predicted octanol–water partition coefficient (Wildman–Crippen LogP) is 2.48. The Hall–Kier alpha value is -2.37. The fourth-order valence-corrected chi connectivity index (χ4v) is 3.72. The Morgan fingerprint density at radius 2 is 1.91 bits per heavy atom. The average molecular weight is 312 g/mol. The quantitative estimate of drug-likeness (QED) is 0.866. The van der Waals surface area contributed by atoms with Gasteiger partial charge in [0.2, 0.25) is 0 Å². The Morgan fingerprint density at radius 1 is 1.13 bits per heavy atom. The van der Waals surface area contributed by atoms with Gasteiger partial charge >= 0.3 is 6.03 Å². The normalized spacial score (nSPS) is 21.0. The zero-order valence-electron chi connectivity index (χ0n) is 13.0. The minimum Gasteiger partial charge on any atom is -0.323 e. The lowest BCUT2D eigenvalue weighted by Gasteiger charge is -2.24. The summed E-state index contributed by atoms with van der Waals surface area (Å²) in [4.78, 5) is 31.0. The molecule has 1 spiro atoms. The van der Waals surface area contributed by atoms with Gasteiger partial charge in [-0.25, -0.2) is 9.78 Å². The highest BCUT2D eigenvalue weighted by atomic mass is 16.2. The van der Waals surface area contributed by atoms with E-state index in [9.17, 15) is 9.59 Å². The number of hydrogen-bond acceptors (Lipinski definition) is 3. The molecular formula is C17H20N4O2. The van der Waals surface area contributed by atoms with Crippen LogP contribution in [0.3, 0.4) is 0 Å². The molecule has 2 aromatic rings. The van der Waals surface area contributed by atoms with Gasteiger partial charge in [-0.1, -0.05) is 31.7 Å². The van der Waals surface area contributed by atoms with Crippen LogP contribution < -0.4 is 5.32 Å². The van der Waals surface area contributed by atoms with Crippen molar-refractivity contribution in [1.29, 1.82) is 0 Å². The van der Waals surface area contributed by atoms with Gasteiger partial charge in [-0.05, 0) is 25.0 Å². The molecule has 0 unspecified atom stereocenters. The van der Waals surface area contributed by atoms with Crippen LogP contribution in [0.15, 0.2) is 30.6 Å². The van der Waals surface area contributed by atoms with Crippen molar-refractivity contribution in [3.8, 4) is 0 Å². The summed E-state index contributed by atoms with van der Waals surface area (Å²) < 4.78 is 1.90. The van der Waals surface area contributed by atoms with Crippen molar-refractivity contribution in [2.24, 2.45) is 0 Å². The van der Waals surface area contributed by atoms with Crippen LogP contribution in [0.25, 0.3) is 5.65 Å². The maximum Gasteiger partial charge on any atom is 0.325 e.